The minimum absolute atomic E-state index is 0.0112. The summed E-state index contributed by atoms with van der Waals surface area (Å²) in [5.74, 6) is 0.471. The maximum absolute atomic E-state index is 12.9. The third kappa shape index (κ3) is 4.59. The van der Waals surface area contributed by atoms with Crippen LogP contribution in [0.1, 0.15) is 24.0 Å². The number of carbonyl (C=O) groups is 1. The fourth-order valence-corrected chi connectivity index (χ4v) is 4.03. The second kappa shape index (κ2) is 9.13. The Hall–Kier alpha value is -3.81. The van der Waals surface area contributed by atoms with Gasteiger partial charge < -0.3 is 10.2 Å². The van der Waals surface area contributed by atoms with E-state index in [1.165, 1.54) is 12.1 Å². The van der Waals surface area contributed by atoms with Crippen LogP contribution in [0.5, 0.6) is 0 Å². The van der Waals surface area contributed by atoms with E-state index in [9.17, 15) is 14.9 Å². The highest BCUT2D eigenvalue weighted by Gasteiger charge is 2.27. The summed E-state index contributed by atoms with van der Waals surface area (Å²) in [4.78, 5) is 25.5. The molecule has 164 valence electrons. The number of aryl methyl sites for hydroxylation is 2. The van der Waals surface area contributed by atoms with Crippen LogP contribution in [0.25, 0.3) is 11.3 Å². The van der Waals surface area contributed by atoms with Crippen molar-refractivity contribution in [3.63, 3.8) is 0 Å². The van der Waals surface area contributed by atoms with Crippen molar-refractivity contribution in [2.75, 3.05) is 23.3 Å². The minimum atomic E-state index is -0.441. The van der Waals surface area contributed by atoms with Crippen LogP contribution in [0.15, 0.2) is 54.6 Å². The van der Waals surface area contributed by atoms with Crippen LogP contribution in [-0.2, 0) is 4.79 Å². The van der Waals surface area contributed by atoms with Crippen molar-refractivity contribution in [1.29, 1.82) is 0 Å². The molecule has 1 unspecified atom stereocenters. The van der Waals surface area contributed by atoms with Crippen LogP contribution in [-0.4, -0.2) is 34.1 Å². The summed E-state index contributed by atoms with van der Waals surface area (Å²) < 4.78 is 0. The smallest absolute Gasteiger partial charge is 0.269 e. The molecule has 0 aliphatic carbocycles. The monoisotopic (exact) mass is 431 g/mol. The van der Waals surface area contributed by atoms with Crippen LogP contribution in [0.2, 0.25) is 0 Å². The van der Waals surface area contributed by atoms with E-state index in [1.807, 2.05) is 43.3 Å². The Bertz CT molecular complexity index is 1150. The SMILES string of the molecule is Cc1cc([N+](=O)[O-])ccc1NC(=O)C1CCCN(c2ccc(-c3ccccc3C)nn2)C1. The Morgan fingerprint density at radius 1 is 1.09 bits per heavy atom. The number of piperidine rings is 1. The van der Waals surface area contributed by atoms with Crippen molar-refractivity contribution in [2.45, 2.75) is 26.7 Å². The molecular weight excluding hydrogens is 406 g/mol. The standard InChI is InChI=1S/C24H25N5O3/c1-16-6-3-4-8-20(16)22-11-12-23(27-26-22)28-13-5-7-18(15-28)24(30)25-21-10-9-19(29(31)32)14-17(21)2/h3-4,6,8-12,14,18H,5,7,13,15H2,1-2H3,(H,25,30). The highest BCUT2D eigenvalue weighted by Crippen LogP contribution is 2.27. The van der Waals surface area contributed by atoms with Crippen LogP contribution in [0.3, 0.4) is 0 Å². The molecular formula is C24H25N5O3. The molecule has 0 radical (unpaired) electrons. The molecule has 8 nitrogen and oxygen atoms in total. The highest BCUT2D eigenvalue weighted by atomic mass is 16.6. The van der Waals surface area contributed by atoms with Gasteiger partial charge in [0.15, 0.2) is 5.82 Å². The zero-order valence-corrected chi connectivity index (χ0v) is 18.1. The molecule has 32 heavy (non-hydrogen) atoms. The number of carbonyl (C=O) groups excluding carboxylic acids is 1. The van der Waals surface area contributed by atoms with Gasteiger partial charge in [0.1, 0.15) is 0 Å². The lowest BCUT2D eigenvalue weighted by Gasteiger charge is -2.32. The quantitative estimate of drug-likeness (QED) is 0.471. The molecule has 1 atom stereocenters. The van der Waals surface area contributed by atoms with Gasteiger partial charge in [0.05, 0.1) is 16.5 Å². The number of hydrogen-bond acceptors (Lipinski definition) is 6. The van der Waals surface area contributed by atoms with Crippen molar-refractivity contribution in [3.05, 3.63) is 75.8 Å². The topological polar surface area (TPSA) is 101 Å². The first-order valence-electron chi connectivity index (χ1n) is 10.6. The van der Waals surface area contributed by atoms with E-state index in [2.05, 4.69) is 20.4 Å². The molecule has 2 aromatic carbocycles. The zero-order chi connectivity index (χ0) is 22.7. The summed E-state index contributed by atoms with van der Waals surface area (Å²) in [6.07, 6.45) is 1.65. The van der Waals surface area contributed by atoms with Gasteiger partial charge in [-0.25, -0.2) is 0 Å². The average Bonchev–Trinajstić information content (AvgIpc) is 2.81. The molecule has 3 aromatic rings. The number of non-ortho nitro benzene ring substituents is 1. The lowest BCUT2D eigenvalue weighted by molar-refractivity contribution is -0.384. The third-order valence-electron chi connectivity index (χ3n) is 5.87. The fourth-order valence-electron chi connectivity index (χ4n) is 4.03. The molecule has 1 amide bonds. The molecule has 1 aromatic heterocycles. The number of nitrogens with one attached hydrogen (secondary N) is 1. The third-order valence-corrected chi connectivity index (χ3v) is 5.87. The first kappa shape index (κ1) is 21.4. The summed E-state index contributed by atoms with van der Waals surface area (Å²) in [7, 11) is 0. The number of aromatic nitrogens is 2. The maximum atomic E-state index is 12.9. The van der Waals surface area contributed by atoms with Gasteiger partial charge in [0, 0.05) is 36.5 Å². The van der Waals surface area contributed by atoms with Crippen molar-refractivity contribution < 1.29 is 9.72 Å². The van der Waals surface area contributed by atoms with Gasteiger partial charge in [-0.15, -0.1) is 10.2 Å². The van der Waals surface area contributed by atoms with E-state index >= 15 is 0 Å². The van der Waals surface area contributed by atoms with Crippen LogP contribution < -0.4 is 10.2 Å². The number of nitro benzene ring substituents is 1. The average molecular weight is 431 g/mol. The molecule has 1 saturated heterocycles. The fraction of sp³-hybridized carbons (Fsp3) is 0.292. The van der Waals surface area contributed by atoms with Gasteiger partial charge in [-0.2, -0.15) is 0 Å². The number of hydrogen-bond donors (Lipinski definition) is 1. The number of benzene rings is 2. The normalized spacial score (nSPS) is 15.9. The molecule has 0 saturated carbocycles. The predicted octanol–water partition coefficient (Wildman–Crippen LogP) is 4.52. The largest absolute Gasteiger partial charge is 0.354 e. The minimum Gasteiger partial charge on any atom is -0.354 e. The molecule has 1 aliphatic heterocycles. The van der Waals surface area contributed by atoms with Gasteiger partial charge in [-0.3, -0.25) is 14.9 Å². The van der Waals surface area contributed by atoms with E-state index < -0.39 is 4.92 Å². The van der Waals surface area contributed by atoms with E-state index in [0.29, 0.717) is 17.8 Å². The lowest BCUT2D eigenvalue weighted by Crippen LogP contribution is -2.41. The van der Waals surface area contributed by atoms with E-state index in [-0.39, 0.29) is 17.5 Å². The second-order valence-electron chi connectivity index (χ2n) is 8.12. The number of nitro groups is 1. The lowest BCUT2D eigenvalue weighted by atomic mass is 9.96. The van der Waals surface area contributed by atoms with Crippen molar-refractivity contribution in [1.82, 2.24) is 10.2 Å². The Morgan fingerprint density at radius 2 is 1.91 bits per heavy atom. The summed E-state index contributed by atoms with van der Waals surface area (Å²) >= 11 is 0. The van der Waals surface area contributed by atoms with Gasteiger partial charge in [0.2, 0.25) is 5.91 Å². The summed E-state index contributed by atoms with van der Waals surface area (Å²) in [6, 6.07) is 16.4. The molecule has 1 N–H and O–H groups in total. The van der Waals surface area contributed by atoms with Crippen molar-refractivity contribution in [2.24, 2.45) is 5.92 Å². The van der Waals surface area contributed by atoms with E-state index in [1.54, 1.807) is 13.0 Å². The van der Waals surface area contributed by atoms with E-state index in [0.717, 1.165) is 42.0 Å². The summed E-state index contributed by atoms with van der Waals surface area (Å²) in [6.45, 7) is 5.17. The number of anilines is 2. The summed E-state index contributed by atoms with van der Waals surface area (Å²) in [5.41, 5.74) is 4.30. The molecule has 0 spiro atoms. The predicted molar refractivity (Wildman–Crippen MR) is 124 cm³/mol. The maximum Gasteiger partial charge on any atom is 0.269 e. The van der Waals surface area contributed by atoms with Crippen molar-refractivity contribution >= 4 is 23.1 Å². The molecule has 0 bridgehead atoms. The Balaban J connectivity index is 1.43. The number of nitrogens with zero attached hydrogens (tertiary/aromatic N) is 4. The van der Waals surface area contributed by atoms with Gasteiger partial charge >= 0.3 is 0 Å². The van der Waals surface area contributed by atoms with Gasteiger partial charge in [0.25, 0.3) is 5.69 Å². The van der Waals surface area contributed by atoms with Crippen LogP contribution in [0, 0.1) is 29.9 Å². The molecule has 1 fully saturated rings. The van der Waals surface area contributed by atoms with Crippen LogP contribution in [0.4, 0.5) is 17.2 Å². The first-order valence-corrected chi connectivity index (χ1v) is 10.6. The van der Waals surface area contributed by atoms with Crippen LogP contribution >= 0.6 is 0 Å². The van der Waals surface area contributed by atoms with Gasteiger partial charge in [-0.1, -0.05) is 24.3 Å². The first-order chi connectivity index (χ1) is 15.4. The highest BCUT2D eigenvalue weighted by molar-refractivity contribution is 5.93. The Labute approximate surface area is 186 Å². The second-order valence-corrected chi connectivity index (χ2v) is 8.12. The van der Waals surface area contributed by atoms with E-state index in [4.69, 9.17) is 0 Å². The number of amides is 1. The molecule has 4 rings (SSSR count). The molecule has 8 heteroatoms. The Kier molecular flexibility index (Phi) is 6.11. The molecule has 1 aliphatic rings. The zero-order valence-electron chi connectivity index (χ0n) is 18.1. The molecule has 2 heterocycles. The van der Waals surface area contributed by atoms with Crippen molar-refractivity contribution in [3.8, 4) is 11.3 Å². The van der Waals surface area contributed by atoms with Gasteiger partial charge in [-0.05, 0) is 56.0 Å². The summed E-state index contributed by atoms with van der Waals surface area (Å²) in [5, 5.41) is 22.7. The number of rotatable bonds is 5. The Morgan fingerprint density at radius 3 is 2.59 bits per heavy atom.